The van der Waals surface area contributed by atoms with Gasteiger partial charge in [0.15, 0.2) is 5.52 Å². The lowest BCUT2D eigenvalue weighted by molar-refractivity contribution is 0.0882. The first-order chi connectivity index (χ1) is 14.0. The lowest BCUT2D eigenvalue weighted by Crippen LogP contribution is -2.32. The van der Waals surface area contributed by atoms with Crippen LogP contribution >= 0.6 is 0 Å². The van der Waals surface area contributed by atoms with Crippen molar-refractivity contribution in [1.82, 2.24) is 14.9 Å². The number of hydrogen-bond donors (Lipinski definition) is 1. The molecule has 2 aromatic heterocycles. The van der Waals surface area contributed by atoms with Gasteiger partial charge in [0, 0.05) is 5.56 Å². The van der Waals surface area contributed by atoms with Gasteiger partial charge in [-0.25, -0.2) is 9.07 Å². The number of halogens is 1. The highest BCUT2D eigenvalue weighted by atomic mass is 19.1. The monoisotopic (exact) mass is 395 g/mol. The molecule has 7 nitrogen and oxygen atoms in total. The lowest BCUT2D eigenvalue weighted by Gasteiger charge is -2.14. The highest BCUT2D eigenvalue weighted by Crippen LogP contribution is 2.26. The summed E-state index contributed by atoms with van der Waals surface area (Å²) in [5.74, 6) is 0.535. The molecule has 0 bridgehead atoms. The minimum atomic E-state index is -1.01. The van der Waals surface area contributed by atoms with E-state index in [4.69, 9.17) is 9.26 Å². The van der Waals surface area contributed by atoms with Crippen molar-refractivity contribution in [3.63, 3.8) is 0 Å². The van der Waals surface area contributed by atoms with Gasteiger partial charge in [0.2, 0.25) is 0 Å². The summed E-state index contributed by atoms with van der Waals surface area (Å²) in [6.07, 6.45) is -1.01. The van der Waals surface area contributed by atoms with Crippen LogP contribution in [0.15, 0.2) is 63.9 Å². The maximum Gasteiger partial charge on any atom is 0.296 e. The van der Waals surface area contributed by atoms with Gasteiger partial charge < -0.3 is 14.4 Å². The second kappa shape index (κ2) is 7.84. The van der Waals surface area contributed by atoms with E-state index >= 15 is 0 Å². The number of fused-ring (bicyclic) bond motifs is 1. The molecule has 8 heteroatoms. The molecular formula is C21H18FN3O4. The second-order valence-electron chi connectivity index (χ2n) is 6.58. The Morgan fingerprint density at radius 1 is 1.17 bits per heavy atom. The molecule has 0 amide bonds. The number of nitrogens with zero attached hydrogens (tertiary/aromatic N) is 3. The van der Waals surface area contributed by atoms with E-state index < -0.39 is 11.7 Å². The molecule has 0 saturated carbocycles. The molecule has 1 N–H and O–H groups in total. The van der Waals surface area contributed by atoms with Crippen molar-refractivity contribution in [2.75, 3.05) is 6.61 Å². The number of rotatable bonds is 6. The maximum atomic E-state index is 13.0. The Labute approximate surface area is 165 Å². The molecule has 0 aliphatic heterocycles. The molecule has 4 rings (SSSR count). The molecule has 1 atom stereocenters. The summed E-state index contributed by atoms with van der Waals surface area (Å²) in [6.45, 7) is 1.54. The first-order valence-corrected chi connectivity index (χ1v) is 9.02. The van der Waals surface area contributed by atoms with E-state index in [0.29, 0.717) is 22.6 Å². The number of aromatic nitrogens is 3. The SMILES string of the molecule is Cc1onc2c(=O)n(CC(O)COc3ccc(F)cc3)nc(-c3ccccc3)c12. The van der Waals surface area contributed by atoms with E-state index in [2.05, 4.69) is 10.3 Å². The molecule has 4 aromatic rings. The zero-order chi connectivity index (χ0) is 20.4. The molecule has 0 radical (unpaired) electrons. The van der Waals surface area contributed by atoms with E-state index in [-0.39, 0.29) is 24.5 Å². The van der Waals surface area contributed by atoms with Crippen LogP contribution in [0.25, 0.3) is 22.2 Å². The van der Waals surface area contributed by atoms with E-state index in [9.17, 15) is 14.3 Å². The number of aliphatic hydroxyl groups is 1. The minimum Gasteiger partial charge on any atom is -0.491 e. The number of aryl methyl sites for hydroxylation is 1. The summed E-state index contributed by atoms with van der Waals surface area (Å²) >= 11 is 0. The molecule has 148 valence electrons. The van der Waals surface area contributed by atoms with Gasteiger partial charge in [-0.1, -0.05) is 35.5 Å². The van der Waals surface area contributed by atoms with E-state index in [0.717, 1.165) is 10.2 Å². The van der Waals surface area contributed by atoms with Crippen molar-refractivity contribution < 1.29 is 18.8 Å². The van der Waals surface area contributed by atoms with Crippen molar-refractivity contribution in [3.05, 3.63) is 76.5 Å². The molecule has 0 aliphatic rings. The van der Waals surface area contributed by atoms with Crippen molar-refractivity contribution in [3.8, 4) is 17.0 Å². The standard InChI is InChI=1S/C21H18FN3O4/c1-13-18-19(14-5-3-2-4-6-14)23-25(21(27)20(18)24-29-13)11-16(26)12-28-17-9-7-15(22)8-10-17/h2-10,16,26H,11-12H2,1H3. The van der Waals surface area contributed by atoms with Crippen LogP contribution in [0.4, 0.5) is 4.39 Å². The molecule has 0 spiro atoms. The van der Waals surface area contributed by atoms with Gasteiger partial charge in [0.25, 0.3) is 5.56 Å². The normalized spacial score (nSPS) is 12.2. The third-order valence-corrected chi connectivity index (χ3v) is 4.44. The summed E-state index contributed by atoms with van der Waals surface area (Å²) in [6, 6.07) is 14.8. The van der Waals surface area contributed by atoms with Crippen LogP contribution in [0.3, 0.4) is 0 Å². The molecule has 2 heterocycles. The highest BCUT2D eigenvalue weighted by Gasteiger charge is 2.20. The number of benzene rings is 2. The Bertz CT molecular complexity index is 1190. The van der Waals surface area contributed by atoms with Crippen LogP contribution in [0.2, 0.25) is 0 Å². The van der Waals surface area contributed by atoms with Gasteiger partial charge in [-0.3, -0.25) is 4.79 Å². The third kappa shape index (κ3) is 3.88. The van der Waals surface area contributed by atoms with Crippen molar-refractivity contribution in [2.45, 2.75) is 19.6 Å². The zero-order valence-electron chi connectivity index (χ0n) is 15.6. The smallest absolute Gasteiger partial charge is 0.296 e. The average molecular weight is 395 g/mol. The minimum absolute atomic E-state index is 0.0870. The van der Waals surface area contributed by atoms with Crippen LogP contribution in [-0.2, 0) is 6.54 Å². The van der Waals surface area contributed by atoms with Crippen LogP contribution < -0.4 is 10.3 Å². The van der Waals surface area contributed by atoms with Crippen LogP contribution in [0.1, 0.15) is 5.76 Å². The molecule has 0 aliphatic carbocycles. The summed E-state index contributed by atoms with van der Waals surface area (Å²) < 4.78 is 24.8. The molecule has 29 heavy (non-hydrogen) atoms. The Hall–Kier alpha value is -3.52. The van der Waals surface area contributed by atoms with Crippen molar-refractivity contribution in [2.24, 2.45) is 0 Å². The Morgan fingerprint density at radius 3 is 2.62 bits per heavy atom. The van der Waals surface area contributed by atoms with E-state index in [1.807, 2.05) is 30.3 Å². The molecular weight excluding hydrogens is 377 g/mol. The molecule has 2 aromatic carbocycles. The molecule has 1 unspecified atom stereocenters. The fourth-order valence-electron chi connectivity index (χ4n) is 3.03. The van der Waals surface area contributed by atoms with E-state index in [1.165, 1.54) is 24.3 Å². The predicted octanol–water partition coefficient (Wildman–Crippen LogP) is 2.94. The summed E-state index contributed by atoms with van der Waals surface area (Å²) in [4.78, 5) is 12.8. The Kier molecular flexibility index (Phi) is 5.09. The summed E-state index contributed by atoms with van der Waals surface area (Å²) in [5.41, 5.74) is 1.04. The Balaban J connectivity index is 1.62. The highest BCUT2D eigenvalue weighted by molar-refractivity contribution is 5.92. The first kappa shape index (κ1) is 18.8. The zero-order valence-corrected chi connectivity index (χ0v) is 15.6. The fraction of sp³-hybridized carbons (Fsp3) is 0.190. The quantitative estimate of drug-likeness (QED) is 0.540. The van der Waals surface area contributed by atoms with Crippen LogP contribution in [0, 0.1) is 12.7 Å². The van der Waals surface area contributed by atoms with Gasteiger partial charge in [0.05, 0.1) is 11.9 Å². The van der Waals surface area contributed by atoms with Gasteiger partial charge in [-0.2, -0.15) is 5.10 Å². The number of aliphatic hydroxyl groups excluding tert-OH is 1. The number of hydrogen-bond acceptors (Lipinski definition) is 6. The number of ether oxygens (including phenoxy) is 1. The predicted molar refractivity (Wildman–Crippen MR) is 104 cm³/mol. The maximum absolute atomic E-state index is 13.0. The Morgan fingerprint density at radius 2 is 1.90 bits per heavy atom. The molecule has 0 fully saturated rings. The van der Waals surface area contributed by atoms with Gasteiger partial charge in [0.1, 0.15) is 35.7 Å². The molecule has 0 saturated heterocycles. The fourth-order valence-corrected chi connectivity index (χ4v) is 3.03. The van der Waals surface area contributed by atoms with Crippen LogP contribution in [0.5, 0.6) is 5.75 Å². The first-order valence-electron chi connectivity index (χ1n) is 9.02. The van der Waals surface area contributed by atoms with Gasteiger partial charge in [-0.05, 0) is 31.2 Å². The van der Waals surface area contributed by atoms with Crippen molar-refractivity contribution >= 4 is 10.9 Å². The second-order valence-corrected chi connectivity index (χ2v) is 6.58. The third-order valence-electron chi connectivity index (χ3n) is 4.44. The summed E-state index contributed by atoms with van der Waals surface area (Å²) in [7, 11) is 0. The van der Waals surface area contributed by atoms with Gasteiger partial charge >= 0.3 is 0 Å². The van der Waals surface area contributed by atoms with E-state index in [1.54, 1.807) is 6.92 Å². The average Bonchev–Trinajstić information content (AvgIpc) is 3.12. The van der Waals surface area contributed by atoms with Crippen molar-refractivity contribution in [1.29, 1.82) is 0 Å². The topological polar surface area (TPSA) is 90.4 Å². The summed E-state index contributed by atoms with van der Waals surface area (Å²) in [5, 5.41) is 19.2. The van der Waals surface area contributed by atoms with Gasteiger partial charge in [-0.15, -0.1) is 0 Å². The largest absolute Gasteiger partial charge is 0.491 e. The van der Waals surface area contributed by atoms with Crippen LogP contribution in [-0.4, -0.2) is 32.8 Å². The lowest BCUT2D eigenvalue weighted by atomic mass is 10.1.